The van der Waals surface area contributed by atoms with Gasteiger partial charge in [-0.2, -0.15) is 0 Å². The molecule has 2 aliphatic rings. The highest BCUT2D eigenvalue weighted by Gasteiger charge is 2.16. The van der Waals surface area contributed by atoms with Crippen LogP contribution in [0.3, 0.4) is 0 Å². The molecule has 2 aliphatic heterocycles. The first kappa shape index (κ1) is 12.3. The summed E-state index contributed by atoms with van der Waals surface area (Å²) in [6.45, 7) is 9.30. The molecular formula is C13H26N2O. The number of nitrogens with zero attached hydrogens (tertiary/aromatic N) is 1. The van der Waals surface area contributed by atoms with Crippen LogP contribution in [0.4, 0.5) is 0 Å². The zero-order valence-corrected chi connectivity index (χ0v) is 10.6. The zero-order valence-electron chi connectivity index (χ0n) is 10.6. The summed E-state index contributed by atoms with van der Waals surface area (Å²) >= 11 is 0. The largest absolute Gasteiger partial charge is 0.377 e. The van der Waals surface area contributed by atoms with Crippen molar-refractivity contribution >= 4 is 0 Å². The molecule has 2 rings (SSSR count). The van der Waals surface area contributed by atoms with Gasteiger partial charge in [0.2, 0.25) is 0 Å². The number of likely N-dealkylation sites (tertiary alicyclic amines) is 1. The van der Waals surface area contributed by atoms with E-state index >= 15 is 0 Å². The molecule has 0 bridgehead atoms. The van der Waals surface area contributed by atoms with E-state index < -0.39 is 0 Å². The standard InChI is InChI=1S/C13H26N2O/c1-12-4-7-15(8-5-12)9-6-14-11-13-3-2-10-16-13/h12-14H,2-11H2,1H3. The van der Waals surface area contributed by atoms with E-state index in [4.69, 9.17) is 4.74 Å². The van der Waals surface area contributed by atoms with Crippen molar-refractivity contribution < 1.29 is 4.74 Å². The molecule has 1 atom stereocenters. The predicted molar refractivity (Wildman–Crippen MR) is 66.7 cm³/mol. The molecule has 94 valence electrons. The minimum absolute atomic E-state index is 0.487. The van der Waals surface area contributed by atoms with Crippen LogP contribution in [0.1, 0.15) is 32.6 Å². The fourth-order valence-electron chi connectivity index (χ4n) is 2.59. The topological polar surface area (TPSA) is 24.5 Å². The predicted octanol–water partition coefficient (Wildman–Crippen LogP) is 1.49. The van der Waals surface area contributed by atoms with E-state index in [2.05, 4.69) is 17.1 Å². The van der Waals surface area contributed by atoms with Gasteiger partial charge >= 0.3 is 0 Å². The molecule has 0 aliphatic carbocycles. The van der Waals surface area contributed by atoms with E-state index in [-0.39, 0.29) is 0 Å². The highest BCUT2D eigenvalue weighted by molar-refractivity contribution is 4.71. The first-order valence-corrected chi connectivity index (χ1v) is 6.89. The molecule has 0 aromatic rings. The molecule has 16 heavy (non-hydrogen) atoms. The Hall–Kier alpha value is -0.120. The molecule has 1 unspecified atom stereocenters. The first-order chi connectivity index (χ1) is 7.84. The number of piperidine rings is 1. The maximum Gasteiger partial charge on any atom is 0.0700 e. The van der Waals surface area contributed by atoms with Crippen LogP contribution >= 0.6 is 0 Å². The lowest BCUT2D eigenvalue weighted by Crippen LogP contribution is -2.39. The highest BCUT2D eigenvalue weighted by atomic mass is 16.5. The normalized spacial score (nSPS) is 28.7. The molecular weight excluding hydrogens is 200 g/mol. The Morgan fingerprint density at radius 1 is 1.25 bits per heavy atom. The van der Waals surface area contributed by atoms with Gasteiger partial charge in [0.15, 0.2) is 0 Å². The summed E-state index contributed by atoms with van der Waals surface area (Å²) in [7, 11) is 0. The van der Waals surface area contributed by atoms with E-state index in [0.717, 1.165) is 25.6 Å². The van der Waals surface area contributed by atoms with Gasteiger partial charge in [-0.05, 0) is 44.7 Å². The monoisotopic (exact) mass is 226 g/mol. The lowest BCUT2D eigenvalue weighted by Gasteiger charge is -2.30. The quantitative estimate of drug-likeness (QED) is 0.719. The fraction of sp³-hybridized carbons (Fsp3) is 1.00. The van der Waals surface area contributed by atoms with Crippen molar-refractivity contribution in [3.8, 4) is 0 Å². The van der Waals surface area contributed by atoms with Crippen LogP contribution in [0, 0.1) is 5.92 Å². The van der Waals surface area contributed by atoms with Crippen LogP contribution < -0.4 is 5.32 Å². The molecule has 2 heterocycles. The summed E-state index contributed by atoms with van der Waals surface area (Å²) in [6, 6.07) is 0. The van der Waals surface area contributed by atoms with Crippen molar-refractivity contribution in [1.82, 2.24) is 10.2 Å². The van der Waals surface area contributed by atoms with Gasteiger partial charge < -0.3 is 15.0 Å². The van der Waals surface area contributed by atoms with Gasteiger partial charge in [0.05, 0.1) is 6.10 Å². The van der Waals surface area contributed by atoms with Crippen molar-refractivity contribution in [1.29, 1.82) is 0 Å². The Balaban J connectivity index is 1.48. The molecule has 0 amide bonds. The maximum atomic E-state index is 5.58. The van der Waals surface area contributed by atoms with Crippen molar-refractivity contribution in [2.45, 2.75) is 38.7 Å². The van der Waals surface area contributed by atoms with Gasteiger partial charge in [0.25, 0.3) is 0 Å². The molecule has 0 aromatic heterocycles. The number of hydrogen-bond acceptors (Lipinski definition) is 3. The Morgan fingerprint density at radius 2 is 2.06 bits per heavy atom. The van der Waals surface area contributed by atoms with Gasteiger partial charge in [-0.3, -0.25) is 0 Å². The fourth-order valence-corrected chi connectivity index (χ4v) is 2.59. The zero-order chi connectivity index (χ0) is 11.2. The minimum atomic E-state index is 0.487. The molecule has 0 radical (unpaired) electrons. The Bertz CT molecular complexity index is 184. The van der Waals surface area contributed by atoms with Gasteiger partial charge in [-0.1, -0.05) is 6.92 Å². The van der Waals surface area contributed by atoms with Crippen molar-refractivity contribution in [2.24, 2.45) is 5.92 Å². The number of ether oxygens (including phenoxy) is 1. The lowest BCUT2D eigenvalue weighted by molar-refractivity contribution is 0.108. The Kier molecular flexibility index (Phi) is 5.07. The van der Waals surface area contributed by atoms with Crippen LogP contribution in [0.25, 0.3) is 0 Å². The smallest absolute Gasteiger partial charge is 0.0700 e. The first-order valence-electron chi connectivity index (χ1n) is 6.89. The van der Waals surface area contributed by atoms with Crippen LogP contribution in [0.5, 0.6) is 0 Å². The van der Waals surface area contributed by atoms with Crippen LogP contribution in [-0.2, 0) is 4.74 Å². The second kappa shape index (κ2) is 6.58. The lowest BCUT2D eigenvalue weighted by atomic mass is 9.99. The van der Waals surface area contributed by atoms with Crippen LogP contribution in [0.15, 0.2) is 0 Å². The molecule has 1 N–H and O–H groups in total. The summed E-state index contributed by atoms with van der Waals surface area (Å²) in [4.78, 5) is 2.59. The molecule has 2 saturated heterocycles. The Labute approximate surface area is 99.5 Å². The summed E-state index contributed by atoms with van der Waals surface area (Å²) in [6.07, 6.45) is 5.74. The van der Waals surface area contributed by atoms with E-state index in [1.54, 1.807) is 0 Å². The minimum Gasteiger partial charge on any atom is -0.377 e. The van der Waals surface area contributed by atoms with Gasteiger partial charge in [0.1, 0.15) is 0 Å². The second-order valence-electron chi connectivity index (χ2n) is 5.36. The number of hydrogen-bond donors (Lipinski definition) is 1. The van der Waals surface area contributed by atoms with E-state index in [1.807, 2.05) is 0 Å². The molecule has 2 fully saturated rings. The molecule has 3 heteroatoms. The third kappa shape index (κ3) is 4.04. The summed E-state index contributed by atoms with van der Waals surface area (Å²) < 4.78 is 5.58. The average Bonchev–Trinajstić information content (AvgIpc) is 2.80. The third-order valence-electron chi connectivity index (χ3n) is 3.88. The van der Waals surface area contributed by atoms with Gasteiger partial charge in [-0.25, -0.2) is 0 Å². The van der Waals surface area contributed by atoms with E-state index in [9.17, 15) is 0 Å². The molecule has 3 nitrogen and oxygen atoms in total. The van der Waals surface area contributed by atoms with Gasteiger partial charge in [-0.15, -0.1) is 0 Å². The van der Waals surface area contributed by atoms with E-state index in [1.165, 1.54) is 45.3 Å². The maximum absolute atomic E-state index is 5.58. The van der Waals surface area contributed by atoms with Crippen LogP contribution in [-0.4, -0.2) is 50.3 Å². The van der Waals surface area contributed by atoms with Crippen molar-refractivity contribution in [3.05, 3.63) is 0 Å². The van der Waals surface area contributed by atoms with E-state index in [0.29, 0.717) is 6.10 Å². The second-order valence-corrected chi connectivity index (χ2v) is 5.36. The number of rotatable bonds is 5. The van der Waals surface area contributed by atoms with Crippen molar-refractivity contribution in [3.63, 3.8) is 0 Å². The highest BCUT2D eigenvalue weighted by Crippen LogP contribution is 2.15. The summed E-state index contributed by atoms with van der Waals surface area (Å²) in [5.41, 5.74) is 0. The van der Waals surface area contributed by atoms with Crippen LogP contribution in [0.2, 0.25) is 0 Å². The average molecular weight is 226 g/mol. The molecule has 0 aromatic carbocycles. The van der Waals surface area contributed by atoms with Crippen molar-refractivity contribution in [2.75, 3.05) is 39.3 Å². The summed E-state index contributed by atoms with van der Waals surface area (Å²) in [5, 5.41) is 3.52. The third-order valence-corrected chi connectivity index (χ3v) is 3.88. The molecule has 0 spiro atoms. The number of nitrogens with one attached hydrogen (secondary N) is 1. The molecule has 0 saturated carbocycles. The summed E-state index contributed by atoms with van der Waals surface area (Å²) in [5.74, 6) is 0.941. The SMILES string of the molecule is CC1CCN(CCNCC2CCCO2)CC1. The Morgan fingerprint density at radius 3 is 2.75 bits per heavy atom. The van der Waals surface area contributed by atoms with Gasteiger partial charge in [0, 0.05) is 26.2 Å².